The number of rotatable bonds is 6. The van der Waals surface area contributed by atoms with Crippen LogP contribution in [0.15, 0.2) is 224 Å². The highest BCUT2D eigenvalue weighted by atomic mass is 15.1. The van der Waals surface area contributed by atoms with Crippen LogP contribution in [0.25, 0.3) is 111 Å². The van der Waals surface area contributed by atoms with Crippen molar-refractivity contribution in [1.82, 2.24) is 14.1 Å². The zero-order chi connectivity index (χ0) is 39.6. The number of para-hydroxylation sites is 2. The average Bonchev–Trinajstić information content (AvgIpc) is 3.84. The Morgan fingerprint density at radius 3 is 1.65 bits per heavy atom. The van der Waals surface area contributed by atoms with E-state index in [1.165, 1.54) is 76.7 Å². The lowest BCUT2D eigenvalue weighted by Gasteiger charge is -2.11. The van der Waals surface area contributed by atoms with Crippen LogP contribution in [0.2, 0.25) is 0 Å². The third-order valence-corrected chi connectivity index (χ3v) is 12.1. The molecule has 9 aromatic carbocycles. The Hall–Kier alpha value is -8.01. The smallest absolute Gasteiger partial charge is 0.138 e. The molecule has 3 heterocycles. The molecule has 0 fully saturated rings. The topological polar surface area (TPSA) is 22.8 Å². The summed E-state index contributed by atoms with van der Waals surface area (Å²) in [4.78, 5) is 5.33. The Kier molecular flexibility index (Phi) is 7.85. The number of fused-ring (bicyclic) bond motifs is 7. The maximum absolute atomic E-state index is 5.33. The second kappa shape index (κ2) is 13.8. The van der Waals surface area contributed by atoms with Gasteiger partial charge in [0.1, 0.15) is 5.82 Å². The minimum atomic E-state index is 0.894. The van der Waals surface area contributed by atoms with Gasteiger partial charge in [0.15, 0.2) is 0 Å². The Balaban J connectivity index is 0.942. The summed E-state index contributed by atoms with van der Waals surface area (Å²) in [6, 6.07) is 81.0. The summed E-state index contributed by atoms with van der Waals surface area (Å²) in [6.45, 7) is 0. The van der Waals surface area contributed by atoms with Crippen molar-refractivity contribution in [3.05, 3.63) is 224 Å². The van der Waals surface area contributed by atoms with Crippen molar-refractivity contribution in [3.8, 4) is 56.1 Å². The first-order valence-electron chi connectivity index (χ1n) is 20.5. The van der Waals surface area contributed by atoms with Gasteiger partial charge in [-0.05, 0) is 105 Å². The van der Waals surface area contributed by atoms with Crippen LogP contribution in [-0.4, -0.2) is 14.1 Å². The maximum Gasteiger partial charge on any atom is 0.138 e. The zero-order valence-corrected chi connectivity index (χ0v) is 32.7. The molecule has 0 aliphatic carbocycles. The summed E-state index contributed by atoms with van der Waals surface area (Å²) in [7, 11) is 0. The van der Waals surface area contributed by atoms with Crippen molar-refractivity contribution < 1.29 is 0 Å². The largest absolute Gasteiger partial charge is 0.309 e. The Labute approximate surface area is 347 Å². The van der Waals surface area contributed by atoms with Gasteiger partial charge in [0.05, 0.1) is 27.8 Å². The summed E-state index contributed by atoms with van der Waals surface area (Å²) >= 11 is 0. The first kappa shape index (κ1) is 34.1. The molecule has 0 atom stereocenters. The predicted molar refractivity (Wildman–Crippen MR) is 252 cm³/mol. The number of hydrogen-bond acceptors (Lipinski definition) is 1. The molecular formula is C57H37N3. The molecule has 0 amide bonds. The van der Waals surface area contributed by atoms with Crippen molar-refractivity contribution in [2.75, 3.05) is 0 Å². The molecule has 3 heteroatoms. The summed E-state index contributed by atoms with van der Waals surface area (Å²) in [5.41, 5.74) is 15.0. The van der Waals surface area contributed by atoms with E-state index in [0.29, 0.717) is 0 Å². The lowest BCUT2D eigenvalue weighted by atomic mass is 9.98. The molecular weight excluding hydrogens is 727 g/mol. The number of hydrogen-bond donors (Lipinski definition) is 0. The van der Waals surface area contributed by atoms with Crippen molar-refractivity contribution in [3.63, 3.8) is 0 Å². The van der Waals surface area contributed by atoms with Crippen LogP contribution in [0.3, 0.4) is 0 Å². The average molecular weight is 764 g/mol. The molecule has 3 nitrogen and oxygen atoms in total. The van der Waals surface area contributed by atoms with Gasteiger partial charge in [-0.1, -0.05) is 164 Å². The third-order valence-electron chi connectivity index (χ3n) is 12.1. The molecule has 0 bridgehead atoms. The lowest BCUT2D eigenvalue weighted by molar-refractivity contribution is 1.08. The van der Waals surface area contributed by atoms with Crippen LogP contribution < -0.4 is 0 Å². The molecule has 12 aromatic rings. The van der Waals surface area contributed by atoms with E-state index in [9.17, 15) is 0 Å². The number of pyridine rings is 1. The van der Waals surface area contributed by atoms with E-state index in [2.05, 4.69) is 234 Å². The van der Waals surface area contributed by atoms with Crippen LogP contribution in [0, 0.1) is 0 Å². The molecule has 0 spiro atoms. The maximum atomic E-state index is 5.33. The second-order valence-electron chi connectivity index (χ2n) is 15.6. The van der Waals surface area contributed by atoms with Crippen molar-refractivity contribution >= 4 is 54.4 Å². The van der Waals surface area contributed by atoms with Gasteiger partial charge >= 0.3 is 0 Å². The van der Waals surface area contributed by atoms with Gasteiger partial charge < -0.3 is 4.57 Å². The van der Waals surface area contributed by atoms with E-state index in [-0.39, 0.29) is 0 Å². The zero-order valence-electron chi connectivity index (χ0n) is 32.7. The van der Waals surface area contributed by atoms with Crippen LogP contribution in [0.5, 0.6) is 0 Å². The molecule has 0 aliphatic rings. The summed E-state index contributed by atoms with van der Waals surface area (Å²) in [6.07, 6.45) is 0. The summed E-state index contributed by atoms with van der Waals surface area (Å²) in [5, 5.41) is 7.38. The van der Waals surface area contributed by atoms with Gasteiger partial charge in [0.25, 0.3) is 0 Å². The Morgan fingerprint density at radius 1 is 0.267 bits per heavy atom. The number of nitrogens with zero attached hydrogens (tertiary/aromatic N) is 3. The van der Waals surface area contributed by atoms with Crippen molar-refractivity contribution in [2.45, 2.75) is 0 Å². The van der Waals surface area contributed by atoms with Gasteiger partial charge in [-0.15, -0.1) is 0 Å². The molecule has 0 aliphatic heterocycles. The molecule has 0 N–H and O–H groups in total. The number of benzene rings is 9. The second-order valence-corrected chi connectivity index (χ2v) is 15.6. The fourth-order valence-corrected chi connectivity index (χ4v) is 9.20. The minimum absolute atomic E-state index is 0.894. The lowest BCUT2D eigenvalue weighted by Crippen LogP contribution is -1.98. The van der Waals surface area contributed by atoms with E-state index in [4.69, 9.17) is 4.98 Å². The van der Waals surface area contributed by atoms with Crippen molar-refractivity contribution in [2.24, 2.45) is 0 Å². The Bertz CT molecular complexity index is 3590. The minimum Gasteiger partial charge on any atom is -0.309 e. The van der Waals surface area contributed by atoms with E-state index < -0.39 is 0 Å². The van der Waals surface area contributed by atoms with Crippen LogP contribution in [-0.2, 0) is 0 Å². The van der Waals surface area contributed by atoms with Gasteiger partial charge in [0, 0.05) is 32.8 Å². The quantitative estimate of drug-likeness (QED) is 0.165. The van der Waals surface area contributed by atoms with Gasteiger partial charge in [0.2, 0.25) is 0 Å². The van der Waals surface area contributed by atoms with Crippen LogP contribution in [0.4, 0.5) is 0 Å². The molecule has 3 aromatic heterocycles. The molecule has 0 radical (unpaired) electrons. The van der Waals surface area contributed by atoms with E-state index in [1.807, 2.05) is 0 Å². The molecule has 280 valence electrons. The van der Waals surface area contributed by atoms with Gasteiger partial charge in [-0.3, -0.25) is 4.57 Å². The molecule has 0 saturated carbocycles. The van der Waals surface area contributed by atoms with E-state index >= 15 is 0 Å². The SMILES string of the molecule is c1ccc(-c2ccc(-c3cccc(-c4cccc(-n5c6ccccc6c6cc(-c7ccc8c9ccccc9n(-c9ccc%10ccccc%10c9)c8c7)ccc65)n4)c3)cc2)cc1. The first-order chi connectivity index (χ1) is 29.7. The first-order valence-corrected chi connectivity index (χ1v) is 20.5. The fraction of sp³-hybridized carbons (Fsp3) is 0. The molecule has 12 rings (SSSR count). The highest BCUT2D eigenvalue weighted by Crippen LogP contribution is 2.39. The van der Waals surface area contributed by atoms with Gasteiger partial charge in [-0.25, -0.2) is 4.98 Å². The molecule has 0 unspecified atom stereocenters. The number of aromatic nitrogens is 3. The molecule has 0 saturated heterocycles. The van der Waals surface area contributed by atoms with E-state index in [1.54, 1.807) is 0 Å². The molecule has 60 heavy (non-hydrogen) atoms. The van der Waals surface area contributed by atoms with Crippen molar-refractivity contribution in [1.29, 1.82) is 0 Å². The normalized spacial score (nSPS) is 11.7. The fourth-order valence-electron chi connectivity index (χ4n) is 9.20. The van der Waals surface area contributed by atoms with Crippen LogP contribution >= 0.6 is 0 Å². The van der Waals surface area contributed by atoms with Gasteiger partial charge in [-0.2, -0.15) is 0 Å². The highest BCUT2D eigenvalue weighted by Gasteiger charge is 2.17. The monoisotopic (exact) mass is 763 g/mol. The van der Waals surface area contributed by atoms with E-state index in [0.717, 1.165) is 33.8 Å². The summed E-state index contributed by atoms with van der Waals surface area (Å²) in [5.74, 6) is 0.894. The predicted octanol–water partition coefficient (Wildman–Crippen LogP) is 15.1. The summed E-state index contributed by atoms with van der Waals surface area (Å²) < 4.78 is 4.73. The Morgan fingerprint density at radius 2 is 0.817 bits per heavy atom. The third kappa shape index (κ3) is 5.63. The van der Waals surface area contributed by atoms with Crippen LogP contribution in [0.1, 0.15) is 0 Å². The highest BCUT2D eigenvalue weighted by molar-refractivity contribution is 6.12. The standard InChI is InChI=1S/C57H37N3/c1-2-12-38(13-3-1)40-24-26-41(27-25-40)42-16-10-17-46(34-42)52-20-11-23-57(58-52)60-54-22-9-7-19-49(54)51-36-44(30-33-55(51)60)45-29-32-50-48-18-6-8-21-53(48)59(56(50)37-45)47-31-28-39-14-4-5-15-43(39)35-47/h1-37H.